The molecule has 0 radical (unpaired) electrons. The van der Waals surface area contributed by atoms with E-state index >= 15 is 0 Å². The minimum Gasteiger partial charge on any atom is -0.388 e. The van der Waals surface area contributed by atoms with Crippen LogP contribution in [0.2, 0.25) is 0 Å². The zero-order valence-corrected chi connectivity index (χ0v) is 11.3. The van der Waals surface area contributed by atoms with E-state index < -0.39 is 0 Å². The normalized spacial score (nSPS) is 24.1. The van der Waals surface area contributed by atoms with Gasteiger partial charge in [-0.3, -0.25) is 0 Å². The molecule has 1 saturated carbocycles. The van der Waals surface area contributed by atoms with E-state index in [0.29, 0.717) is 12.5 Å². The van der Waals surface area contributed by atoms with Crippen LogP contribution >= 0.6 is 0 Å². The molecule has 3 nitrogen and oxygen atoms in total. The molecule has 1 aromatic rings. The molecule has 1 aliphatic heterocycles. The monoisotopic (exact) mass is 261 g/mol. The number of aliphatic hydroxyl groups is 1. The van der Waals surface area contributed by atoms with E-state index in [4.69, 9.17) is 10.5 Å². The summed E-state index contributed by atoms with van der Waals surface area (Å²) in [7, 11) is 0. The molecule has 0 amide bonds. The molecule has 0 aromatic heterocycles. The fourth-order valence-electron chi connectivity index (χ4n) is 3.12. The van der Waals surface area contributed by atoms with Gasteiger partial charge in [-0.1, -0.05) is 24.3 Å². The van der Waals surface area contributed by atoms with Crippen LogP contribution in [-0.4, -0.2) is 24.9 Å². The molecule has 3 heteroatoms. The summed E-state index contributed by atoms with van der Waals surface area (Å²) in [6, 6.07) is 8.42. The fourth-order valence-corrected chi connectivity index (χ4v) is 3.12. The highest BCUT2D eigenvalue weighted by Gasteiger charge is 2.43. The molecule has 1 aliphatic carbocycles. The minimum atomic E-state index is -0.363. The first-order valence-electron chi connectivity index (χ1n) is 7.31. The quantitative estimate of drug-likeness (QED) is 0.873. The van der Waals surface area contributed by atoms with Gasteiger partial charge in [0, 0.05) is 25.2 Å². The second kappa shape index (κ2) is 5.23. The Labute approximate surface area is 114 Å². The molecule has 0 bridgehead atoms. The second-order valence-electron chi connectivity index (χ2n) is 6.00. The minimum absolute atomic E-state index is 0.200. The first-order chi connectivity index (χ1) is 9.25. The van der Waals surface area contributed by atoms with E-state index in [9.17, 15) is 5.11 Å². The lowest BCUT2D eigenvalue weighted by molar-refractivity contribution is 0.00715. The van der Waals surface area contributed by atoms with Crippen LogP contribution in [0.3, 0.4) is 0 Å². The summed E-state index contributed by atoms with van der Waals surface area (Å²) in [4.78, 5) is 0. The fraction of sp³-hybridized carbons (Fsp3) is 0.625. The summed E-state index contributed by atoms with van der Waals surface area (Å²) < 4.78 is 5.36. The van der Waals surface area contributed by atoms with Crippen molar-refractivity contribution in [1.82, 2.24) is 0 Å². The molecule has 1 saturated heterocycles. The molecule has 0 spiro atoms. The Morgan fingerprint density at radius 3 is 2.68 bits per heavy atom. The average molecular weight is 261 g/mol. The zero-order valence-electron chi connectivity index (χ0n) is 11.3. The maximum Gasteiger partial charge on any atom is 0.0820 e. The number of benzene rings is 1. The summed E-state index contributed by atoms with van der Waals surface area (Å²) in [6.07, 6.45) is 3.90. The molecule has 2 fully saturated rings. The Morgan fingerprint density at radius 1 is 1.32 bits per heavy atom. The van der Waals surface area contributed by atoms with Gasteiger partial charge in [0.05, 0.1) is 6.10 Å². The standard InChI is InChI=1S/C16H23NO2/c17-11-16(6-7-16)14-3-1-2-13(10-14)15(18)12-4-8-19-9-5-12/h1-3,10,12,15,18H,4-9,11,17H2. The Kier molecular flexibility index (Phi) is 3.61. The maximum absolute atomic E-state index is 10.5. The van der Waals surface area contributed by atoms with Crippen molar-refractivity contribution in [3.05, 3.63) is 35.4 Å². The molecule has 1 atom stereocenters. The first kappa shape index (κ1) is 13.1. The van der Waals surface area contributed by atoms with Crippen molar-refractivity contribution < 1.29 is 9.84 Å². The van der Waals surface area contributed by atoms with Gasteiger partial charge < -0.3 is 15.6 Å². The lowest BCUT2D eigenvalue weighted by Gasteiger charge is -2.27. The van der Waals surface area contributed by atoms with Crippen molar-refractivity contribution in [2.45, 2.75) is 37.2 Å². The predicted molar refractivity (Wildman–Crippen MR) is 74.9 cm³/mol. The van der Waals surface area contributed by atoms with Crippen LogP contribution in [0.4, 0.5) is 0 Å². The third kappa shape index (κ3) is 2.55. The molecule has 3 rings (SSSR count). The summed E-state index contributed by atoms with van der Waals surface area (Å²) in [5.41, 5.74) is 8.44. The van der Waals surface area contributed by atoms with Crippen LogP contribution in [0.5, 0.6) is 0 Å². The van der Waals surface area contributed by atoms with Crippen LogP contribution in [-0.2, 0) is 10.2 Å². The summed E-state index contributed by atoms with van der Waals surface area (Å²) >= 11 is 0. The molecule has 1 heterocycles. The van der Waals surface area contributed by atoms with Crippen LogP contribution in [0.1, 0.15) is 42.9 Å². The van der Waals surface area contributed by atoms with Gasteiger partial charge in [0.25, 0.3) is 0 Å². The Hall–Kier alpha value is -0.900. The Balaban J connectivity index is 1.78. The Morgan fingerprint density at radius 2 is 2.05 bits per heavy atom. The number of hydrogen-bond acceptors (Lipinski definition) is 3. The zero-order chi connectivity index (χ0) is 13.3. The van der Waals surface area contributed by atoms with E-state index in [0.717, 1.165) is 31.6 Å². The maximum atomic E-state index is 10.5. The van der Waals surface area contributed by atoms with E-state index in [1.807, 2.05) is 6.07 Å². The lowest BCUT2D eigenvalue weighted by atomic mass is 9.87. The van der Waals surface area contributed by atoms with Crippen LogP contribution in [0, 0.1) is 5.92 Å². The van der Waals surface area contributed by atoms with Gasteiger partial charge in [-0.05, 0) is 42.7 Å². The summed E-state index contributed by atoms with van der Waals surface area (Å²) in [5, 5.41) is 10.5. The van der Waals surface area contributed by atoms with E-state index in [1.54, 1.807) is 0 Å². The number of hydrogen-bond donors (Lipinski definition) is 2. The molecule has 2 aliphatic rings. The second-order valence-corrected chi connectivity index (χ2v) is 6.00. The van der Waals surface area contributed by atoms with Gasteiger partial charge in [-0.25, -0.2) is 0 Å². The van der Waals surface area contributed by atoms with Crippen molar-refractivity contribution >= 4 is 0 Å². The molecule has 1 aromatic carbocycles. The average Bonchev–Trinajstić information content (AvgIpc) is 3.29. The highest BCUT2D eigenvalue weighted by Crippen LogP contribution is 2.47. The summed E-state index contributed by atoms with van der Waals surface area (Å²) in [6.45, 7) is 2.26. The molecular formula is C16H23NO2. The number of nitrogens with two attached hydrogens (primary N) is 1. The van der Waals surface area contributed by atoms with Crippen molar-refractivity contribution in [1.29, 1.82) is 0 Å². The van der Waals surface area contributed by atoms with E-state index in [-0.39, 0.29) is 11.5 Å². The van der Waals surface area contributed by atoms with Crippen molar-refractivity contribution in [2.24, 2.45) is 11.7 Å². The van der Waals surface area contributed by atoms with Crippen molar-refractivity contribution in [2.75, 3.05) is 19.8 Å². The highest BCUT2D eigenvalue weighted by molar-refractivity contribution is 5.36. The predicted octanol–water partition coefficient (Wildman–Crippen LogP) is 2.14. The smallest absolute Gasteiger partial charge is 0.0820 e. The SMILES string of the molecule is NCC1(c2cccc(C(O)C3CCOCC3)c2)CC1. The molecule has 3 N–H and O–H groups in total. The third-order valence-electron chi connectivity index (χ3n) is 4.80. The molecular weight excluding hydrogens is 238 g/mol. The number of ether oxygens (including phenoxy) is 1. The van der Waals surface area contributed by atoms with Gasteiger partial charge >= 0.3 is 0 Å². The van der Waals surface area contributed by atoms with Crippen molar-refractivity contribution in [3.8, 4) is 0 Å². The molecule has 1 unspecified atom stereocenters. The van der Waals surface area contributed by atoms with E-state index in [1.165, 1.54) is 18.4 Å². The highest BCUT2D eigenvalue weighted by atomic mass is 16.5. The molecule has 104 valence electrons. The van der Waals surface area contributed by atoms with Gasteiger partial charge in [0.15, 0.2) is 0 Å². The van der Waals surface area contributed by atoms with Gasteiger partial charge in [0.1, 0.15) is 0 Å². The van der Waals surface area contributed by atoms with Crippen LogP contribution < -0.4 is 5.73 Å². The molecule has 19 heavy (non-hydrogen) atoms. The lowest BCUT2D eigenvalue weighted by Crippen LogP contribution is -2.23. The van der Waals surface area contributed by atoms with Gasteiger partial charge in [-0.2, -0.15) is 0 Å². The summed E-state index contributed by atoms with van der Waals surface area (Å²) in [5.74, 6) is 0.331. The van der Waals surface area contributed by atoms with Crippen LogP contribution in [0.25, 0.3) is 0 Å². The number of aliphatic hydroxyl groups excluding tert-OH is 1. The van der Waals surface area contributed by atoms with Gasteiger partial charge in [0.2, 0.25) is 0 Å². The van der Waals surface area contributed by atoms with Gasteiger partial charge in [-0.15, -0.1) is 0 Å². The topological polar surface area (TPSA) is 55.5 Å². The first-order valence-corrected chi connectivity index (χ1v) is 7.31. The largest absolute Gasteiger partial charge is 0.388 e. The third-order valence-corrected chi connectivity index (χ3v) is 4.80. The van der Waals surface area contributed by atoms with Crippen molar-refractivity contribution in [3.63, 3.8) is 0 Å². The van der Waals surface area contributed by atoms with Crippen LogP contribution in [0.15, 0.2) is 24.3 Å². The van der Waals surface area contributed by atoms with E-state index in [2.05, 4.69) is 18.2 Å². The Bertz CT molecular complexity index is 436. The number of rotatable bonds is 4.